The molecule has 0 saturated carbocycles. The maximum atomic E-state index is 12.9. The van der Waals surface area contributed by atoms with Gasteiger partial charge in [-0.1, -0.05) is 72.8 Å². The van der Waals surface area contributed by atoms with Gasteiger partial charge in [0, 0.05) is 58.7 Å². The molecule has 4 heteroatoms. The van der Waals surface area contributed by atoms with Gasteiger partial charge in [0.05, 0.1) is 6.61 Å². The number of likely N-dealkylation sites (tertiary alicyclic amines) is 1. The molecule has 0 bridgehead atoms. The van der Waals surface area contributed by atoms with Crippen molar-refractivity contribution in [2.45, 2.75) is 24.8 Å². The molecule has 0 radical (unpaired) electrons. The second-order valence-corrected chi connectivity index (χ2v) is 9.92. The number of aromatic amines is 1. The average molecular weight is 463 g/mol. The Labute approximate surface area is 206 Å². The van der Waals surface area contributed by atoms with Crippen LogP contribution >= 0.6 is 0 Å². The van der Waals surface area contributed by atoms with Crippen LogP contribution in [0.5, 0.6) is 0 Å². The number of ether oxygens (including phenoxy) is 1. The van der Waals surface area contributed by atoms with E-state index >= 15 is 0 Å². The quantitative estimate of drug-likeness (QED) is 0.215. The van der Waals surface area contributed by atoms with E-state index in [0.717, 1.165) is 24.9 Å². The van der Waals surface area contributed by atoms with E-state index in [1.165, 1.54) is 22.0 Å². The fourth-order valence-corrected chi connectivity index (χ4v) is 6.00. The summed E-state index contributed by atoms with van der Waals surface area (Å²) >= 11 is 0. The number of hydrogen-bond acceptors (Lipinski definition) is 3. The molecule has 2 heterocycles. The Balaban J connectivity index is 1.24. The summed E-state index contributed by atoms with van der Waals surface area (Å²) in [6.45, 7) is 1.58. The molecule has 1 aromatic heterocycles. The van der Waals surface area contributed by atoms with Crippen LogP contribution in [-0.2, 0) is 11.2 Å². The number of carbonyl (C=O) groups is 1. The van der Waals surface area contributed by atoms with E-state index < -0.39 is 0 Å². The number of rotatable bonds is 6. The van der Waals surface area contributed by atoms with Crippen LogP contribution in [0.3, 0.4) is 0 Å². The van der Waals surface area contributed by atoms with Gasteiger partial charge in [-0.2, -0.15) is 0 Å². The molecule has 0 amide bonds. The zero-order valence-corrected chi connectivity index (χ0v) is 20.0. The number of hydrogen-bond donors (Lipinski definition) is 1. The smallest absolute Gasteiger partial charge is 0.189 e. The van der Waals surface area contributed by atoms with Crippen LogP contribution in [-0.4, -0.2) is 41.9 Å². The van der Waals surface area contributed by atoms with E-state index in [9.17, 15) is 4.79 Å². The number of nitrogens with zero attached hydrogens (tertiary/aromatic N) is 1. The molecule has 176 valence electrons. The maximum absolute atomic E-state index is 12.9. The van der Waals surface area contributed by atoms with Gasteiger partial charge in [-0.15, -0.1) is 0 Å². The molecule has 1 saturated heterocycles. The number of H-pyrrole nitrogens is 1. The van der Waals surface area contributed by atoms with Gasteiger partial charge in [0.15, 0.2) is 5.78 Å². The maximum Gasteiger partial charge on any atom is 0.189 e. The summed E-state index contributed by atoms with van der Waals surface area (Å²) in [4.78, 5) is 18.9. The Morgan fingerprint density at radius 1 is 1.00 bits per heavy atom. The highest BCUT2D eigenvalue weighted by Crippen LogP contribution is 2.44. The second kappa shape index (κ2) is 9.20. The Hall–Kier alpha value is -3.63. The van der Waals surface area contributed by atoms with Crippen LogP contribution < -0.4 is 0 Å². The monoisotopic (exact) mass is 462 g/mol. The third-order valence-corrected chi connectivity index (χ3v) is 7.67. The van der Waals surface area contributed by atoms with Crippen molar-refractivity contribution in [1.29, 1.82) is 0 Å². The summed E-state index contributed by atoms with van der Waals surface area (Å²) in [6, 6.07) is 26.5. The number of aromatic nitrogens is 1. The third-order valence-electron chi connectivity index (χ3n) is 7.67. The van der Waals surface area contributed by atoms with Crippen molar-refractivity contribution < 1.29 is 9.53 Å². The molecule has 4 nitrogen and oxygen atoms in total. The van der Waals surface area contributed by atoms with E-state index in [4.69, 9.17) is 4.74 Å². The van der Waals surface area contributed by atoms with Crippen LogP contribution in [0.2, 0.25) is 0 Å². The largest absolute Gasteiger partial charge is 0.492 e. The molecule has 1 aliphatic carbocycles. The van der Waals surface area contributed by atoms with E-state index in [-0.39, 0.29) is 5.78 Å². The van der Waals surface area contributed by atoms with Crippen LogP contribution in [0.4, 0.5) is 0 Å². The topological polar surface area (TPSA) is 45.3 Å². The first-order valence-electron chi connectivity index (χ1n) is 12.5. The molecule has 1 aliphatic heterocycles. The minimum atomic E-state index is -0.0378. The minimum Gasteiger partial charge on any atom is -0.492 e. The molecule has 1 N–H and O–H groups in total. The standard InChI is InChI=1S/C31H30N2O2/c1-33-19-21(15-26-25-13-8-14-27-31(25)24(18-32-27)16-28(26)33)20-35-30(23-11-6-3-7-12-23)17-29(34)22-9-4-2-5-10-22/h2-14,17-18,21,26,28,32H,15-16,19-20H2,1H3/t21?,26?,28-/m1/s1. The average Bonchev–Trinajstić information content (AvgIpc) is 3.32. The Bertz CT molecular complexity index is 1370. The third kappa shape index (κ3) is 4.19. The van der Waals surface area contributed by atoms with Crippen LogP contribution in [0.1, 0.15) is 39.4 Å². The van der Waals surface area contributed by atoms with Crippen LogP contribution in [0.25, 0.3) is 16.7 Å². The Morgan fingerprint density at radius 2 is 1.74 bits per heavy atom. The van der Waals surface area contributed by atoms with E-state index in [1.807, 2.05) is 60.7 Å². The van der Waals surface area contributed by atoms with Crippen molar-refractivity contribution in [3.05, 3.63) is 113 Å². The fraction of sp³-hybridized carbons (Fsp3) is 0.258. The molecule has 1 fully saturated rings. The van der Waals surface area contributed by atoms with Gasteiger partial charge in [0.25, 0.3) is 0 Å². The number of likely N-dealkylation sites (N-methyl/N-ethyl adjacent to an activating group) is 1. The van der Waals surface area contributed by atoms with Gasteiger partial charge >= 0.3 is 0 Å². The highest BCUT2D eigenvalue weighted by Gasteiger charge is 2.39. The van der Waals surface area contributed by atoms with Crippen molar-refractivity contribution in [3.8, 4) is 0 Å². The number of benzene rings is 3. The van der Waals surface area contributed by atoms with E-state index in [0.29, 0.717) is 35.8 Å². The van der Waals surface area contributed by atoms with Crippen molar-refractivity contribution in [2.24, 2.45) is 5.92 Å². The molecule has 6 rings (SSSR count). The molecular weight excluding hydrogens is 432 g/mol. The number of allylic oxidation sites excluding steroid dienone is 1. The number of nitrogens with one attached hydrogen (secondary N) is 1. The summed E-state index contributed by atoms with van der Waals surface area (Å²) in [6.07, 6.45) is 6.02. The lowest BCUT2D eigenvalue weighted by Gasteiger charge is -2.45. The van der Waals surface area contributed by atoms with E-state index in [1.54, 1.807) is 6.08 Å². The molecule has 4 aromatic rings. The first kappa shape index (κ1) is 21.9. The Morgan fingerprint density at radius 3 is 2.51 bits per heavy atom. The van der Waals surface area contributed by atoms with Crippen LogP contribution in [0, 0.1) is 5.92 Å². The molecule has 35 heavy (non-hydrogen) atoms. The van der Waals surface area contributed by atoms with Gasteiger partial charge in [-0.25, -0.2) is 0 Å². The molecule has 0 spiro atoms. The minimum absolute atomic E-state index is 0.0378. The zero-order valence-electron chi connectivity index (χ0n) is 20.0. The number of ketones is 1. The summed E-state index contributed by atoms with van der Waals surface area (Å²) in [5.74, 6) is 1.48. The highest BCUT2D eigenvalue weighted by molar-refractivity contribution is 6.07. The number of fused-ring (bicyclic) bond motifs is 2. The van der Waals surface area contributed by atoms with Crippen LogP contribution in [0.15, 0.2) is 91.1 Å². The molecule has 2 aliphatic rings. The van der Waals surface area contributed by atoms with Gasteiger partial charge in [-0.05, 0) is 37.1 Å². The lowest BCUT2D eigenvalue weighted by molar-refractivity contribution is 0.0761. The number of carbonyl (C=O) groups excluding carboxylic acids is 1. The van der Waals surface area contributed by atoms with Crippen molar-refractivity contribution >= 4 is 22.4 Å². The zero-order chi connectivity index (χ0) is 23.8. The fourth-order valence-electron chi connectivity index (χ4n) is 6.00. The summed E-state index contributed by atoms with van der Waals surface area (Å²) in [5, 5.41) is 1.42. The van der Waals surface area contributed by atoms with Crippen molar-refractivity contribution in [1.82, 2.24) is 9.88 Å². The molecule has 2 unspecified atom stereocenters. The predicted octanol–water partition coefficient (Wildman–Crippen LogP) is 6.07. The highest BCUT2D eigenvalue weighted by atomic mass is 16.5. The number of piperidine rings is 1. The Kier molecular flexibility index (Phi) is 5.75. The lowest BCUT2D eigenvalue weighted by Crippen LogP contribution is -2.48. The van der Waals surface area contributed by atoms with Gasteiger partial charge in [0.1, 0.15) is 5.76 Å². The van der Waals surface area contributed by atoms with Gasteiger partial charge in [-0.3, -0.25) is 4.79 Å². The molecular formula is C31H30N2O2. The van der Waals surface area contributed by atoms with Gasteiger partial charge < -0.3 is 14.6 Å². The lowest BCUT2D eigenvalue weighted by atomic mass is 9.72. The van der Waals surface area contributed by atoms with Gasteiger partial charge in [0.2, 0.25) is 0 Å². The normalized spacial score (nSPS) is 22.1. The molecule has 3 aromatic carbocycles. The van der Waals surface area contributed by atoms with E-state index in [2.05, 4.69) is 41.3 Å². The van der Waals surface area contributed by atoms with Crippen molar-refractivity contribution in [3.63, 3.8) is 0 Å². The predicted molar refractivity (Wildman–Crippen MR) is 140 cm³/mol. The summed E-state index contributed by atoms with van der Waals surface area (Å²) in [5.41, 5.74) is 5.74. The SMILES string of the molecule is CN1CC(COC(=CC(=O)c2ccccc2)c2ccccc2)CC2c3cccc4[nH]cc(c34)C[C@H]21. The summed E-state index contributed by atoms with van der Waals surface area (Å²) in [7, 11) is 2.24. The van der Waals surface area contributed by atoms with Crippen molar-refractivity contribution in [2.75, 3.05) is 20.2 Å². The first-order valence-corrected chi connectivity index (χ1v) is 12.5. The first-order chi connectivity index (χ1) is 17.2. The second-order valence-electron chi connectivity index (χ2n) is 9.92. The molecule has 3 atom stereocenters. The summed E-state index contributed by atoms with van der Waals surface area (Å²) < 4.78 is 6.42.